The molecule has 8 heteroatoms. The SMILES string of the molecule is COc1ccc(Oc2c(CC(NC(=O)OCC3c4ccccc4-c4ccccc43)C(=O)O)c3ccccc3n2C)cc1. The Morgan fingerprint density at radius 1 is 0.857 bits per heavy atom. The molecule has 0 bridgehead atoms. The Morgan fingerprint density at radius 3 is 2.10 bits per heavy atom. The topological polar surface area (TPSA) is 99.0 Å². The van der Waals surface area contributed by atoms with Crippen molar-refractivity contribution < 1.29 is 28.9 Å². The molecular weight excluding hydrogens is 532 g/mol. The van der Waals surface area contributed by atoms with E-state index < -0.39 is 18.1 Å². The number of carboxylic acid groups (broad SMARTS) is 1. The number of amides is 1. The average molecular weight is 563 g/mol. The lowest BCUT2D eigenvalue weighted by molar-refractivity contribution is -0.139. The second-order valence-electron chi connectivity index (χ2n) is 10.2. The summed E-state index contributed by atoms with van der Waals surface area (Å²) in [5, 5.41) is 13.5. The number of alkyl carbamates (subject to hydrolysis) is 1. The summed E-state index contributed by atoms with van der Waals surface area (Å²) in [6, 6.07) is 29.6. The van der Waals surface area contributed by atoms with Crippen LogP contribution in [0.5, 0.6) is 17.4 Å². The van der Waals surface area contributed by atoms with Crippen molar-refractivity contribution >= 4 is 23.0 Å². The van der Waals surface area contributed by atoms with Crippen molar-refractivity contribution in [3.05, 3.63) is 114 Å². The van der Waals surface area contributed by atoms with Gasteiger partial charge in [0.1, 0.15) is 24.1 Å². The maximum atomic E-state index is 13.0. The number of nitrogens with one attached hydrogen (secondary N) is 1. The molecule has 0 radical (unpaired) electrons. The van der Waals surface area contributed by atoms with E-state index in [1.807, 2.05) is 72.3 Å². The van der Waals surface area contributed by atoms with Gasteiger partial charge >= 0.3 is 12.1 Å². The van der Waals surface area contributed by atoms with Crippen LogP contribution in [-0.2, 0) is 23.0 Å². The second kappa shape index (κ2) is 11.3. The van der Waals surface area contributed by atoms with Gasteiger partial charge in [0.15, 0.2) is 0 Å². The first-order chi connectivity index (χ1) is 20.4. The third-order valence-corrected chi connectivity index (χ3v) is 7.77. The predicted octanol–water partition coefficient (Wildman–Crippen LogP) is 6.51. The van der Waals surface area contributed by atoms with Gasteiger partial charge in [-0.15, -0.1) is 0 Å². The number of ether oxygens (including phenoxy) is 3. The molecule has 0 fully saturated rings. The van der Waals surface area contributed by atoms with Crippen LogP contribution in [0.3, 0.4) is 0 Å². The molecule has 8 nitrogen and oxygen atoms in total. The van der Waals surface area contributed by atoms with Crippen LogP contribution in [0.4, 0.5) is 4.79 Å². The van der Waals surface area contributed by atoms with Gasteiger partial charge in [-0.3, -0.25) is 0 Å². The number of carbonyl (C=O) groups is 2. The lowest BCUT2D eigenvalue weighted by Gasteiger charge is -2.18. The van der Waals surface area contributed by atoms with Crippen LogP contribution in [0.2, 0.25) is 0 Å². The molecule has 1 heterocycles. The smallest absolute Gasteiger partial charge is 0.407 e. The number of methoxy groups -OCH3 is 1. The van der Waals surface area contributed by atoms with E-state index in [1.165, 1.54) is 0 Å². The van der Waals surface area contributed by atoms with E-state index in [-0.39, 0.29) is 18.9 Å². The summed E-state index contributed by atoms with van der Waals surface area (Å²) in [6.45, 7) is 0.0896. The van der Waals surface area contributed by atoms with Crippen molar-refractivity contribution in [2.45, 2.75) is 18.4 Å². The quantitative estimate of drug-likeness (QED) is 0.212. The lowest BCUT2D eigenvalue weighted by Crippen LogP contribution is -2.43. The Kier molecular flexibility index (Phi) is 7.27. The van der Waals surface area contributed by atoms with E-state index in [1.54, 1.807) is 31.4 Å². The van der Waals surface area contributed by atoms with Crippen LogP contribution in [0, 0.1) is 0 Å². The number of para-hydroxylation sites is 1. The molecule has 0 saturated carbocycles. The number of hydrogen-bond donors (Lipinski definition) is 2. The van der Waals surface area contributed by atoms with Crippen LogP contribution >= 0.6 is 0 Å². The Morgan fingerprint density at radius 2 is 1.45 bits per heavy atom. The third kappa shape index (κ3) is 5.03. The summed E-state index contributed by atoms with van der Waals surface area (Å²) < 4.78 is 19.0. The van der Waals surface area contributed by atoms with Crippen LogP contribution in [0.1, 0.15) is 22.6 Å². The second-order valence-corrected chi connectivity index (χ2v) is 10.2. The molecule has 42 heavy (non-hydrogen) atoms. The number of nitrogens with zero attached hydrogens (tertiary/aromatic N) is 1. The average Bonchev–Trinajstić information content (AvgIpc) is 3.47. The molecule has 1 atom stereocenters. The normalized spacial score (nSPS) is 12.8. The highest BCUT2D eigenvalue weighted by atomic mass is 16.5. The number of carboxylic acids is 1. The lowest BCUT2D eigenvalue weighted by atomic mass is 9.98. The fraction of sp³-hybridized carbons (Fsp3) is 0.176. The zero-order chi connectivity index (χ0) is 29.2. The van der Waals surface area contributed by atoms with Gasteiger partial charge in [0.25, 0.3) is 0 Å². The first-order valence-corrected chi connectivity index (χ1v) is 13.7. The third-order valence-electron chi connectivity index (χ3n) is 7.77. The Labute approximate surface area is 243 Å². The zero-order valence-electron chi connectivity index (χ0n) is 23.2. The van der Waals surface area contributed by atoms with Gasteiger partial charge < -0.3 is 29.2 Å². The number of hydrogen-bond acceptors (Lipinski definition) is 5. The van der Waals surface area contributed by atoms with Crippen LogP contribution in [0.15, 0.2) is 97.1 Å². The summed E-state index contributed by atoms with van der Waals surface area (Å²) in [4.78, 5) is 25.4. The van der Waals surface area contributed by atoms with E-state index in [4.69, 9.17) is 14.2 Å². The number of benzene rings is 4. The molecule has 0 saturated heterocycles. The molecule has 2 N–H and O–H groups in total. The number of aromatic nitrogens is 1. The Balaban J connectivity index is 1.22. The van der Waals surface area contributed by atoms with Crippen molar-refractivity contribution in [3.63, 3.8) is 0 Å². The van der Waals surface area contributed by atoms with Crippen molar-refractivity contribution in [1.82, 2.24) is 9.88 Å². The number of rotatable bonds is 9. The minimum Gasteiger partial charge on any atom is -0.497 e. The number of fused-ring (bicyclic) bond motifs is 4. The molecular formula is C34H30N2O6. The molecule has 1 aromatic heterocycles. The highest BCUT2D eigenvalue weighted by Crippen LogP contribution is 2.44. The monoisotopic (exact) mass is 562 g/mol. The molecule has 6 rings (SSSR count). The Hall–Kier alpha value is -5.24. The van der Waals surface area contributed by atoms with Gasteiger partial charge in [-0.2, -0.15) is 0 Å². The Bertz CT molecular complexity index is 1730. The van der Waals surface area contributed by atoms with Gasteiger partial charge in [-0.05, 0) is 52.6 Å². The maximum absolute atomic E-state index is 13.0. The minimum atomic E-state index is -1.25. The molecule has 0 spiro atoms. The summed E-state index contributed by atoms with van der Waals surface area (Å²) in [5.41, 5.74) is 5.93. The van der Waals surface area contributed by atoms with Crippen molar-refractivity contribution in [1.29, 1.82) is 0 Å². The molecule has 4 aromatic carbocycles. The van der Waals surface area contributed by atoms with Gasteiger partial charge in [-0.1, -0.05) is 66.7 Å². The molecule has 0 aliphatic heterocycles. The highest BCUT2D eigenvalue weighted by molar-refractivity contribution is 5.89. The first-order valence-electron chi connectivity index (χ1n) is 13.7. The molecule has 1 unspecified atom stereocenters. The fourth-order valence-electron chi connectivity index (χ4n) is 5.72. The van der Waals surface area contributed by atoms with Crippen LogP contribution in [-0.4, -0.2) is 41.5 Å². The van der Waals surface area contributed by atoms with Crippen molar-refractivity contribution in [3.8, 4) is 28.5 Å². The molecule has 1 aliphatic rings. The summed E-state index contributed by atoms with van der Waals surface area (Å²) in [5.74, 6) is 0.444. The summed E-state index contributed by atoms with van der Waals surface area (Å²) in [7, 11) is 3.45. The molecule has 5 aromatic rings. The van der Waals surface area contributed by atoms with Gasteiger partial charge in [-0.25, -0.2) is 9.59 Å². The molecule has 1 amide bonds. The van der Waals surface area contributed by atoms with Gasteiger partial charge in [0.05, 0.1) is 12.6 Å². The number of carbonyl (C=O) groups excluding carboxylic acids is 1. The highest BCUT2D eigenvalue weighted by Gasteiger charge is 2.31. The number of aryl methyl sites for hydroxylation is 1. The first kappa shape index (κ1) is 27.0. The summed E-state index contributed by atoms with van der Waals surface area (Å²) in [6.07, 6.45) is -0.797. The largest absolute Gasteiger partial charge is 0.497 e. The van der Waals surface area contributed by atoms with E-state index in [0.29, 0.717) is 22.9 Å². The standard InChI is InChI=1S/C34H30N2O6/c1-36-31-14-8-7-13-27(31)28(32(36)42-22-17-15-21(40-2)16-18-22)19-30(33(37)38)35-34(39)41-20-29-25-11-5-3-9-23(25)24-10-4-6-12-26(24)29/h3-18,29-30H,19-20H2,1-2H3,(H,35,39)(H,37,38). The fourth-order valence-corrected chi connectivity index (χ4v) is 5.72. The zero-order valence-corrected chi connectivity index (χ0v) is 23.2. The van der Waals surface area contributed by atoms with E-state index in [0.717, 1.165) is 33.2 Å². The molecule has 212 valence electrons. The van der Waals surface area contributed by atoms with Crippen LogP contribution < -0.4 is 14.8 Å². The van der Waals surface area contributed by atoms with Gasteiger partial charge in [0.2, 0.25) is 5.88 Å². The number of aliphatic carboxylic acids is 1. The predicted molar refractivity (Wildman–Crippen MR) is 159 cm³/mol. The van der Waals surface area contributed by atoms with E-state index >= 15 is 0 Å². The van der Waals surface area contributed by atoms with Gasteiger partial charge in [0, 0.05) is 30.3 Å². The van der Waals surface area contributed by atoms with Crippen molar-refractivity contribution in [2.75, 3.05) is 13.7 Å². The summed E-state index contributed by atoms with van der Waals surface area (Å²) >= 11 is 0. The van der Waals surface area contributed by atoms with Crippen molar-refractivity contribution in [2.24, 2.45) is 7.05 Å². The maximum Gasteiger partial charge on any atom is 0.407 e. The van der Waals surface area contributed by atoms with E-state index in [9.17, 15) is 14.7 Å². The van der Waals surface area contributed by atoms with E-state index in [2.05, 4.69) is 17.4 Å². The molecule has 1 aliphatic carbocycles. The van der Waals surface area contributed by atoms with Crippen LogP contribution in [0.25, 0.3) is 22.0 Å². The minimum absolute atomic E-state index is 0.00757.